The van der Waals surface area contributed by atoms with Crippen molar-refractivity contribution in [3.63, 3.8) is 0 Å². The van der Waals surface area contributed by atoms with Gasteiger partial charge in [0.1, 0.15) is 5.82 Å². The highest BCUT2D eigenvalue weighted by molar-refractivity contribution is 6.30. The van der Waals surface area contributed by atoms with Crippen LogP contribution in [0.15, 0.2) is 42.5 Å². The third-order valence-corrected chi connectivity index (χ3v) is 4.69. The van der Waals surface area contributed by atoms with E-state index in [0.717, 1.165) is 12.1 Å². The highest BCUT2D eigenvalue weighted by Crippen LogP contribution is 2.18. The summed E-state index contributed by atoms with van der Waals surface area (Å²) in [6.45, 7) is 1.26. The molecule has 2 aromatic carbocycles. The maximum atomic E-state index is 13.6. The standard InChI is InChI=1S/C20H20ClF2N3O3/c21-14-3-1-4-16(11-14)24-20(28)26-8-2-7-25(9-10-26)19(27)13-29-18-6-5-15(22)12-17(18)23/h1,3-6,11-12H,2,7-10,13H2,(H,24,28). The van der Waals surface area contributed by atoms with Crippen molar-refractivity contribution in [2.75, 3.05) is 38.1 Å². The number of benzene rings is 2. The number of hydrogen-bond donors (Lipinski definition) is 1. The molecule has 154 valence electrons. The van der Waals surface area contributed by atoms with E-state index in [-0.39, 0.29) is 24.3 Å². The van der Waals surface area contributed by atoms with Crippen LogP contribution in [0.1, 0.15) is 6.42 Å². The molecule has 1 heterocycles. The highest BCUT2D eigenvalue weighted by atomic mass is 35.5. The van der Waals surface area contributed by atoms with Gasteiger partial charge in [-0.1, -0.05) is 17.7 Å². The number of hydrogen-bond acceptors (Lipinski definition) is 3. The Bertz CT molecular complexity index is 897. The number of carbonyl (C=O) groups excluding carboxylic acids is 2. The Morgan fingerprint density at radius 3 is 2.55 bits per heavy atom. The predicted octanol–water partition coefficient (Wildman–Crippen LogP) is 3.76. The Balaban J connectivity index is 1.50. The summed E-state index contributed by atoms with van der Waals surface area (Å²) in [5.74, 6) is -2.09. The smallest absolute Gasteiger partial charge is 0.321 e. The first kappa shape index (κ1) is 20.9. The second-order valence-corrected chi connectivity index (χ2v) is 6.96. The lowest BCUT2D eigenvalue weighted by atomic mass is 10.3. The van der Waals surface area contributed by atoms with E-state index < -0.39 is 11.6 Å². The molecule has 1 aliphatic rings. The van der Waals surface area contributed by atoms with E-state index >= 15 is 0 Å². The van der Waals surface area contributed by atoms with Crippen LogP contribution in [0.25, 0.3) is 0 Å². The first-order valence-corrected chi connectivity index (χ1v) is 9.47. The van der Waals surface area contributed by atoms with Crippen molar-refractivity contribution < 1.29 is 23.1 Å². The average molecular weight is 424 g/mol. The number of nitrogens with one attached hydrogen (secondary N) is 1. The molecule has 0 bridgehead atoms. The van der Waals surface area contributed by atoms with Crippen LogP contribution in [0.5, 0.6) is 5.75 Å². The Morgan fingerprint density at radius 1 is 1.03 bits per heavy atom. The summed E-state index contributed by atoms with van der Waals surface area (Å²) >= 11 is 5.92. The molecule has 1 fully saturated rings. The van der Waals surface area contributed by atoms with Gasteiger partial charge in [0.05, 0.1) is 0 Å². The second-order valence-electron chi connectivity index (χ2n) is 6.53. The van der Waals surface area contributed by atoms with Crippen molar-refractivity contribution in [2.24, 2.45) is 0 Å². The number of amides is 3. The van der Waals surface area contributed by atoms with Crippen LogP contribution in [0.3, 0.4) is 0 Å². The van der Waals surface area contributed by atoms with Crippen molar-refractivity contribution in [2.45, 2.75) is 6.42 Å². The lowest BCUT2D eigenvalue weighted by Crippen LogP contribution is -2.40. The minimum atomic E-state index is -0.863. The van der Waals surface area contributed by atoms with Gasteiger partial charge in [-0.05, 0) is 36.8 Å². The molecule has 3 rings (SSSR count). The molecule has 29 heavy (non-hydrogen) atoms. The van der Waals surface area contributed by atoms with Crippen LogP contribution in [-0.4, -0.2) is 54.5 Å². The molecule has 0 saturated carbocycles. The zero-order chi connectivity index (χ0) is 20.8. The minimum absolute atomic E-state index is 0.183. The first-order chi connectivity index (χ1) is 13.9. The summed E-state index contributed by atoms with van der Waals surface area (Å²) in [5.41, 5.74) is 0.592. The molecule has 2 aromatic rings. The molecule has 0 aliphatic carbocycles. The fourth-order valence-corrected chi connectivity index (χ4v) is 3.15. The van der Waals surface area contributed by atoms with Crippen LogP contribution >= 0.6 is 11.6 Å². The Kier molecular flexibility index (Phi) is 6.87. The largest absolute Gasteiger partial charge is 0.481 e. The summed E-state index contributed by atoms with van der Waals surface area (Å²) < 4.78 is 31.7. The molecule has 0 radical (unpaired) electrons. The Labute approximate surface area is 172 Å². The van der Waals surface area contributed by atoms with Crippen molar-refractivity contribution in [1.82, 2.24) is 9.80 Å². The van der Waals surface area contributed by atoms with Gasteiger partial charge in [-0.3, -0.25) is 4.79 Å². The van der Waals surface area contributed by atoms with E-state index in [2.05, 4.69) is 5.32 Å². The molecule has 0 atom stereocenters. The number of ether oxygens (including phenoxy) is 1. The third-order valence-electron chi connectivity index (χ3n) is 4.46. The maximum absolute atomic E-state index is 13.6. The SMILES string of the molecule is O=C(COc1ccc(F)cc1F)N1CCCN(C(=O)Nc2cccc(Cl)c2)CC1. The highest BCUT2D eigenvalue weighted by Gasteiger charge is 2.22. The quantitative estimate of drug-likeness (QED) is 0.814. The number of rotatable bonds is 4. The molecule has 1 saturated heterocycles. The third kappa shape index (κ3) is 5.80. The van der Waals surface area contributed by atoms with E-state index in [1.807, 2.05) is 0 Å². The van der Waals surface area contributed by atoms with E-state index in [4.69, 9.17) is 16.3 Å². The molecule has 0 aromatic heterocycles. The van der Waals surface area contributed by atoms with Crippen molar-refractivity contribution in [1.29, 1.82) is 0 Å². The van der Waals surface area contributed by atoms with E-state index in [9.17, 15) is 18.4 Å². The number of anilines is 1. The van der Waals surface area contributed by atoms with Gasteiger partial charge in [-0.25, -0.2) is 13.6 Å². The molecule has 1 aliphatic heterocycles. The van der Waals surface area contributed by atoms with Crippen molar-refractivity contribution in [3.05, 3.63) is 59.1 Å². The Hall–Kier alpha value is -2.87. The van der Waals surface area contributed by atoms with Gasteiger partial charge < -0.3 is 19.9 Å². The van der Waals surface area contributed by atoms with Crippen LogP contribution in [0.4, 0.5) is 19.3 Å². The number of halogens is 3. The normalized spacial score (nSPS) is 14.3. The first-order valence-electron chi connectivity index (χ1n) is 9.09. The van der Waals surface area contributed by atoms with Gasteiger partial charge in [0.15, 0.2) is 18.2 Å². The number of nitrogens with zero attached hydrogens (tertiary/aromatic N) is 2. The van der Waals surface area contributed by atoms with Crippen LogP contribution < -0.4 is 10.1 Å². The summed E-state index contributed by atoms with van der Waals surface area (Å²) in [5, 5.41) is 3.31. The second kappa shape index (κ2) is 9.56. The Morgan fingerprint density at radius 2 is 1.79 bits per heavy atom. The van der Waals surface area contributed by atoms with Gasteiger partial charge in [0, 0.05) is 43.0 Å². The molecular formula is C20H20ClF2N3O3. The van der Waals surface area contributed by atoms with Crippen molar-refractivity contribution >= 4 is 29.2 Å². The zero-order valence-electron chi connectivity index (χ0n) is 15.5. The summed E-state index contributed by atoms with van der Waals surface area (Å²) in [4.78, 5) is 28.0. The van der Waals surface area contributed by atoms with E-state index in [1.165, 1.54) is 0 Å². The van der Waals surface area contributed by atoms with Gasteiger partial charge >= 0.3 is 6.03 Å². The van der Waals surface area contributed by atoms with E-state index in [1.54, 1.807) is 34.1 Å². The molecule has 3 amide bonds. The maximum Gasteiger partial charge on any atom is 0.321 e. The zero-order valence-corrected chi connectivity index (χ0v) is 16.3. The van der Waals surface area contributed by atoms with Gasteiger partial charge in [0.25, 0.3) is 5.91 Å². The molecule has 0 spiro atoms. The van der Waals surface area contributed by atoms with Crippen LogP contribution in [-0.2, 0) is 4.79 Å². The number of carbonyl (C=O) groups is 2. The lowest BCUT2D eigenvalue weighted by Gasteiger charge is -2.22. The topological polar surface area (TPSA) is 61.9 Å². The molecule has 1 N–H and O–H groups in total. The molecule has 6 nitrogen and oxygen atoms in total. The summed E-state index contributed by atoms with van der Waals surface area (Å²) in [7, 11) is 0. The molecular weight excluding hydrogens is 404 g/mol. The fraction of sp³-hybridized carbons (Fsp3) is 0.300. The minimum Gasteiger partial charge on any atom is -0.481 e. The lowest BCUT2D eigenvalue weighted by molar-refractivity contribution is -0.133. The van der Waals surface area contributed by atoms with Crippen molar-refractivity contribution in [3.8, 4) is 5.75 Å². The average Bonchev–Trinajstić information content (AvgIpc) is 2.93. The number of urea groups is 1. The van der Waals surface area contributed by atoms with Gasteiger partial charge in [-0.15, -0.1) is 0 Å². The summed E-state index contributed by atoms with van der Waals surface area (Å²) in [6.07, 6.45) is 0.597. The summed E-state index contributed by atoms with van der Waals surface area (Å²) in [6, 6.07) is 9.47. The van der Waals surface area contributed by atoms with Gasteiger partial charge in [-0.2, -0.15) is 0 Å². The molecule has 0 unspecified atom stereocenters. The predicted molar refractivity (Wildman–Crippen MR) is 105 cm³/mol. The molecule has 9 heteroatoms. The van der Waals surface area contributed by atoms with E-state index in [0.29, 0.717) is 49.4 Å². The van der Waals surface area contributed by atoms with Gasteiger partial charge in [0.2, 0.25) is 0 Å². The monoisotopic (exact) mass is 423 g/mol. The van der Waals surface area contributed by atoms with Crippen LogP contribution in [0, 0.1) is 11.6 Å². The fourth-order valence-electron chi connectivity index (χ4n) is 2.96. The van der Waals surface area contributed by atoms with Crippen LogP contribution in [0.2, 0.25) is 5.02 Å².